The number of hydrogen-bond acceptors (Lipinski definition) is 3. The molecule has 1 rings (SSSR count). The second kappa shape index (κ2) is 6.53. The third kappa shape index (κ3) is 4.79. The Hall–Kier alpha value is -2.37. The van der Waals surface area contributed by atoms with Gasteiger partial charge in [-0.15, -0.1) is 0 Å². The lowest BCUT2D eigenvalue weighted by Gasteiger charge is -2.09. The summed E-state index contributed by atoms with van der Waals surface area (Å²) >= 11 is 0. The van der Waals surface area contributed by atoms with Crippen LogP contribution in [0.4, 0.5) is 0 Å². The molecule has 0 aliphatic heterocycles. The smallest absolute Gasteiger partial charge is 0.325 e. The number of carbonyl (C=O) groups excluding carboxylic acids is 2. The van der Waals surface area contributed by atoms with E-state index in [4.69, 9.17) is 5.11 Å². The summed E-state index contributed by atoms with van der Waals surface area (Å²) in [4.78, 5) is 33.1. The Morgan fingerprint density at radius 1 is 1.21 bits per heavy atom. The summed E-state index contributed by atoms with van der Waals surface area (Å²) in [5, 5.41) is 13.7. The van der Waals surface area contributed by atoms with Crippen molar-refractivity contribution >= 4 is 17.8 Å². The van der Waals surface area contributed by atoms with E-state index >= 15 is 0 Å². The molecule has 1 aromatic carbocycles. The number of amides is 2. The Morgan fingerprint density at radius 2 is 1.79 bits per heavy atom. The van der Waals surface area contributed by atoms with Gasteiger partial charge in [0, 0.05) is 19.0 Å². The molecular weight excluding hydrogens is 248 g/mol. The lowest BCUT2D eigenvalue weighted by molar-refractivity contribution is -0.138. The van der Waals surface area contributed by atoms with E-state index in [-0.39, 0.29) is 5.91 Å². The number of hydrogen-bond donors (Lipinski definition) is 3. The number of benzene rings is 1. The molecule has 1 unspecified atom stereocenters. The molecule has 0 fully saturated rings. The molecule has 2 amide bonds. The predicted molar refractivity (Wildman–Crippen MR) is 68.5 cm³/mol. The molecule has 0 bridgehead atoms. The third-order valence-electron chi connectivity index (χ3n) is 2.48. The highest BCUT2D eigenvalue weighted by Crippen LogP contribution is 2.04. The first-order valence-electron chi connectivity index (χ1n) is 5.77. The molecule has 3 N–H and O–H groups in total. The van der Waals surface area contributed by atoms with Gasteiger partial charge in [0.05, 0.1) is 0 Å². The van der Waals surface area contributed by atoms with Crippen LogP contribution in [0.5, 0.6) is 0 Å². The van der Waals surface area contributed by atoms with Gasteiger partial charge >= 0.3 is 5.97 Å². The maximum atomic E-state index is 11.7. The van der Waals surface area contributed by atoms with Gasteiger partial charge in [-0.25, -0.2) is 0 Å². The standard InChI is InChI=1S/C13H16N2O4/c1-8(13(18)19)15-12(17)11-5-3-10(4-6-11)7-14-9(2)16/h3-6,8H,7H2,1-2H3,(H,14,16)(H,15,17)(H,18,19). The largest absolute Gasteiger partial charge is 0.480 e. The molecule has 19 heavy (non-hydrogen) atoms. The van der Waals surface area contributed by atoms with E-state index in [0.29, 0.717) is 12.1 Å². The van der Waals surface area contributed by atoms with E-state index in [1.54, 1.807) is 24.3 Å². The molecule has 1 atom stereocenters. The maximum absolute atomic E-state index is 11.7. The molecular formula is C13H16N2O4. The molecule has 0 saturated heterocycles. The average molecular weight is 264 g/mol. The molecule has 102 valence electrons. The minimum absolute atomic E-state index is 0.128. The van der Waals surface area contributed by atoms with Gasteiger partial charge in [-0.1, -0.05) is 12.1 Å². The summed E-state index contributed by atoms with van der Waals surface area (Å²) in [5.74, 6) is -1.66. The highest BCUT2D eigenvalue weighted by molar-refractivity contribution is 5.96. The van der Waals surface area contributed by atoms with Crippen molar-refractivity contribution in [2.75, 3.05) is 0 Å². The first kappa shape index (κ1) is 14.7. The second-order valence-corrected chi connectivity index (χ2v) is 4.14. The van der Waals surface area contributed by atoms with Crippen molar-refractivity contribution in [3.63, 3.8) is 0 Å². The van der Waals surface area contributed by atoms with Crippen molar-refractivity contribution in [3.8, 4) is 0 Å². The number of rotatable bonds is 5. The van der Waals surface area contributed by atoms with Gasteiger partial charge in [0.1, 0.15) is 6.04 Å². The molecule has 0 heterocycles. The van der Waals surface area contributed by atoms with Crippen molar-refractivity contribution in [3.05, 3.63) is 35.4 Å². The zero-order valence-electron chi connectivity index (χ0n) is 10.8. The summed E-state index contributed by atoms with van der Waals surface area (Å²) in [5.41, 5.74) is 1.23. The quantitative estimate of drug-likeness (QED) is 0.722. The highest BCUT2D eigenvalue weighted by atomic mass is 16.4. The van der Waals surface area contributed by atoms with E-state index in [0.717, 1.165) is 5.56 Å². The van der Waals surface area contributed by atoms with Crippen LogP contribution in [-0.4, -0.2) is 28.9 Å². The van der Waals surface area contributed by atoms with Gasteiger partial charge in [0.25, 0.3) is 5.91 Å². The van der Waals surface area contributed by atoms with Crippen LogP contribution in [0.15, 0.2) is 24.3 Å². The van der Waals surface area contributed by atoms with Crippen molar-refractivity contribution in [1.82, 2.24) is 10.6 Å². The van der Waals surface area contributed by atoms with Gasteiger partial charge in [-0.2, -0.15) is 0 Å². The van der Waals surface area contributed by atoms with Crippen LogP contribution >= 0.6 is 0 Å². The molecule has 0 radical (unpaired) electrons. The number of carboxylic acid groups (broad SMARTS) is 1. The summed E-state index contributed by atoms with van der Waals surface area (Å²) in [6, 6.07) is 5.64. The number of carbonyl (C=O) groups is 3. The lowest BCUT2D eigenvalue weighted by atomic mass is 10.1. The Labute approximate surface area is 110 Å². The highest BCUT2D eigenvalue weighted by Gasteiger charge is 2.14. The number of carboxylic acids is 1. The molecule has 0 aromatic heterocycles. The van der Waals surface area contributed by atoms with Gasteiger partial charge in [-0.3, -0.25) is 14.4 Å². The van der Waals surface area contributed by atoms with Crippen LogP contribution in [0.2, 0.25) is 0 Å². The Bertz CT molecular complexity index is 482. The van der Waals surface area contributed by atoms with Crippen LogP contribution in [0.25, 0.3) is 0 Å². The summed E-state index contributed by atoms with van der Waals surface area (Å²) in [7, 11) is 0. The van der Waals surface area contributed by atoms with Gasteiger partial charge in [-0.05, 0) is 24.6 Å². The van der Waals surface area contributed by atoms with Crippen molar-refractivity contribution in [1.29, 1.82) is 0 Å². The van der Waals surface area contributed by atoms with E-state index < -0.39 is 17.9 Å². The van der Waals surface area contributed by atoms with Crippen LogP contribution in [0.1, 0.15) is 29.8 Å². The molecule has 6 heteroatoms. The van der Waals surface area contributed by atoms with Crippen LogP contribution in [-0.2, 0) is 16.1 Å². The third-order valence-corrected chi connectivity index (χ3v) is 2.48. The van der Waals surface area contributed by atoms with Crippen molar-refractivity contribution < 1.29 is 19.5 Å². The number of aliphatic carboxylic acids is 1. The number of nitrogens with one attached hydrogen (secondary N) is 2. The molecule has 0 aliphatic carbocycles. The van der Waals surface area contributed by atoms with Crippen LogP contribution in [0, 0.1) is 0 Å². The SMILES string of the molecule is CC(=O)NCc1ccc(C(=O)NC(C)C(=O)O)cc1. The van der Waals surface area contributed by atoms with E-state index in [9.17, 15) is 14.4 Å². The Kier molecular flexibility index (Phi) is 5.05. The van der Waals surface area contributed by atoms with E-state index in [1.807, 2.05) is 0 Å². The molecule has 0 saturated carbocycles. The summed E-state index contributed by atoms with van der Waals surface area (Å²) < 4.78 is 0. The second-order valence-electron chi connectivity index (χ2n) is 4.14. The Balaban J connectivity index is 2.62. The fourth-order valence-corrected chi connectivity index (χ4v) is 1.34. The fourth-order valence-electron chi connectivity index (χ4n) is 1.34. The van der Waals surface area contributed by atoms with E-state index in [1.165, 1.54) is 13.8 Å². The van der Waals surface area contributed by atoms with Gasteiger partial charge in [0.15, 0.2) is 0 Å². The monoisotopic (exact) mass is 264 g/mol. The zero-order chi connectivity index (χ0) is 14.4. The van der Waals surface area contributed by atoms with E-state index in [2.05, 4.69) is 10.6 Å². The van der Waals surface area contributed by atoms with Crippen molar-refractivity contribution in [2.24, 2.45) is 0 Å². The Morgan fingerprint density at radius 3 is 2.26 bits per heavy atom. The van der Waals surface area contributed by atoms with Crippen LogP contribution < -0.4 is 10.6 Å². The minimum Gasteiger partial charge on any atom is -0.480 e. The lowest BCUT2D eigenvalue weighted by Crippen LogP contribution is -2.38. The fraction of sp³-hybridized carbons (Fsp3) is 0.308. The topological polar surface area (TPSA) is 95.5 Å². The molecule has 0 aliphatic rings. The summed E-state index contributed by atoms with van der Waals surface area (Å²) in [6.07, 6.45) is 0. The minimum atomic E-state index is -1.09. The summed E-state index contributed by atoms with van der Waals surface area (Å²) in [6.45, 7) is 3.21. The van der Waals surface area contributed by atoms with Gasteiger partial charge < -0.3 is 15.7 Å². The maximum Gasteiger partial charge on any atom is 0.325 e. The van der Waals surface area contributed by atoms with Gasteiger partial charge in [0.2, 0.25) is 5.91 Å². The van der Waals surface area contributed by atoms with Crippen molar-refractivity contribution in [2.45, 2.75) is 26.4 Å². The van der Waals surface area contributed by atoms with Crippen LogP contribution in [0.3, 0.4) is 0 Å². The zero-order valence-corrected chi connectivity index (χ0v) is 10.8. The normalized spacial score (nSPS) is 11.5. The molecule has 1 aromatic rings. The molecule has 6 nitrogen and oxygen atoms in total. The first-order chi connectivity index (χ1) is 8.90. The average Bonchev–Trinajstić information content (AvgIpc) is 2.36. The first-order valence-corrected chi connectivity index (χ1v) is 5.77. The predicted octanol–water partition coefficient (Wildman–Crippen LogP) is 0.526. The molecule has 0 spiro atoms.